The molecule has 0 unspecified atom stereocenters. The first-order chi connectivity index (χ1) is 11.3. The molecule has 0 aliphatic heterocycles. The van der Waals surface area contributed by atoms with E-state index in [1.54, 1.807) is 12.1 Å². The van der Waals surface area contributed by atoms with Gasteiger partial charge in [0.15, 0.2) is 9.84 Å². The lowest BCUT2D eigenvalue weighted by molar-refractivity contribution is -0.115. The summed E-state index contributed by atoms with van der Waals surface area (Å²) in [6.45, 7) is 0. The second-order valence-electron chi connectivity index (χ2n) is 4.95. The minimum Gasteiger partial charge on any atom is -0.497 e. The second kappa shape index (κ2) is 7.88. The molecule has 0 saturated heterocycles. The van der Waals surface area contributed by atoms with Gasteiger partial charge in [0.25, 0.3) is 0 Å². The fourth-order valence-electron chi connectivity index (χ4n) is 1.98. The van der Waals surface area contributed by atoms with Gasteiger partial charge in [-0.05, 0) is 42.5 Å². The monoisotopic (exact) mass is 387 g/mol. The highest BCUT2D eigenvalue weighted by atomic mass is 35.5. The maximum Gasteiger partial charge on any atom is 0.225 e. The van der Waals surface area contributed by atoms with E-state index in [-0.39, 0.29) is 17.1 Å². The van der Waals surface area contributed by atoms with Crippen LogP contribution in [0.2, 0.25) is 10.0 Å². The summed E-state index contributed by atoms with van der Waals surface area (Å²) in [5, 5.41) is 3.33. The molecular weight excluding hydrogens is 373 g/mol. The number of nitrogens with one attached hydrogen (secondary N) is 1. The maximum atomic E-state index is 12.2. The van der Waals surface area contributed by atoms with Crippen molar-refractivity contribution >= 4 is 44.6 Å². The maximum absolute atomic E-state index is 12.2. The van der Waals surface area contributed by atoms with E-state index >= 15 is 0 Å². The average molecular weight is 388 g/mol. The van der Waals surface area contributed by atoms with Crippen LogP contribution in [0, 0.1) is 0 Å². The molecule has 0 aliphatic rings. The van der Waals surface area contributed by atoms with Gasteiger partial charge in [0.05, 0.1) is 17.8 Å². The molecule has 128 valence electrons. The van der Waals surface area contributed by atoms with Crippen molar-refractivity contribution < 1.29 is 17.9 Å². The number of benzene rings is 2. The smallest absolute Gasteiger partial charge is 0.225 e. The van der Waals surface area contributed by atoms with Crippen molar-refractivity contribution in [2.24, 2.45) is 0 Å². The summed E-state index contributed by atoms with van der Waals surface area (Å²) in [5.41, 5.74) is 0.416. The van der Waals surface area contributed by atoms with Gasteiger partial charge >= 0.3 is 0 Å². The van der Waals surface area contributed by atoms with Gasteiger partial charge in [0.1, 0.15) is 5.75 Å². The van der Waals surface area contributed by atoms with Gasteiger partial charge in [0, 0.05) is 22.2 Å². The summed E-state index contributed by atoms with van der Waals surface area (Å²) in [4.78, 5) is 12.1. The van der Waals surface area contributed by atoms with E-state index in [1.807, 2.05) is 0 Å². The van der Waals surface area contributed by atoms with Crippen molar-refractivity contribution in [2.75, 3.05) is 18.2 Å². The molecule has 0 bridgehead atoms. The second-order valence-corrected chi connectivity index (χ2v) is 7.93. The lowest BCUT2D eigenvalue weighted by Crippen LogP contribution is -2.17. The lowest BCUT2D eigenvalue weighted by atomic mass is 10.3. The zero-order valence-electron chi connectivity index (χ0n) is 12.8. The van der Waals surface area contributed by atoms with E-state index in [4.69, 9.17) is 27.9 Å². The minimum atomic E-state index is -3.56. The molecular formula is C16H15Cl2NO4S. The van der Waals surface area contributed by atoms with Gasteiger partial charge in [-0.15, -0.1) is 0 Å². The SMILES string of the molecule is COc1ccc(S(=O)(=O)CCC(=O)Nc2cc(Cl)cc(Cl)c2)cc1. The van der Waals surface area contributed by atoms with Gasteiger partial charge in [-0.2, -0.15) is 0 Å². The van der Waals surface area contributed by atoms with E-state index in [0.29, 0.717) is 21.5 Å². The summed E-state index contributed by atoms with van der Waals surface area (Å²) in [6, 6.07) is 10.6. The molecule has 24 heavy (non-hydrogen) atoms. The molecule has 5 nitrogen and oxygen atoms in total. The Balaban J connectivity index is 1.99. The van der Waals surface area contributed by atoms with Gasteiger partial charge < -0.3 is 10.1 Å². The summed E-state index contributed by atoms with van der Waals surface area (Å²) in [6.07, 6.45) is -0.182. The lowest BCUT2D eigenvalue weighted by Gasteiger charge is -2.08. The Kier molecular flexibility index (Phi) is 6.10. The fraction of sp³-hybridized carbons (Fsp3) is 0.188. The number of amides is 1. The highest BCUT2D eigenvalue weighted by molar-refractivity contribution is 7.91. The van der Waals surface area contributed by atoms with Gasteiger partial charge in [-0.3, -0.25) is 4.79 Å². The third-order valence-corrected chi connectivity index (χ3v) is 5.33. The van der Waals surface area contributed by atoms with Crippen LogP contribution in [0.4, 0.5) is 5.69 Å². The third kappa shape index (κ3) is 5.12. The molecule has 0 spiro atoms. The zero-order valence-corrected chi connectivity index (χ0v) is 15.1. The molecule has 8 heteroatoms. The van der Waals surface area contributed by atoms with Crippen molar-refractivity contribution in [3.8, 4) is 5.75 Å². The van der Waals surface area contributed by atoms with E-state index in [1.165, 1.54) is 37.4 Å². The Hall–Kier alpha value is -1.76. The summed E-state index contributed by atoms with van der Waals surface area (Å²) >= 11 is 11.7. The standard InChI is InChI=1S/C16H15Cl2NO4S/c1-23-14-2-4-15(5-3-14)24(21,22)7-6-16(20)19-13-9-11(17)8-12(18)10-13/h2-5,8-10H,6-7H2,1H3,(H,19,20). The zero-order chi connectivity index (χ0) is 17.7. The van der Waals surface area contributed by atoms with Crippen molar-refractivity contribution in [3.05, 3.63) is 52.5 Å². The molecule has 1 N–H and O–H groups in total. The topological polar surface area (TPSA) is 72.5 Å². The number of ether oxygens (including phenoxy) is 1. The van der Waals surface area contributed by atoms with Gasteiger partial charge in [0.2, 0.25) is 5.91 Å². The van der Waals surface area contributed by atoms with Crippen molar-refractivity contribution in [3.63, 3.8) is 0 Å². The molecule has 0 fully saturated rings. The van der Waals surface area contributed by atoms with Crippen LogP contribution < -0.4 is 10.1 Å². The van der Waals surface area contributed by atoms with Crippen LogP contribution in [0.1, 0.15) is 6.42 Å². The van der Waals surface area contributed by atoms with E-state index in [0.717, 1.165) is 0 Å². The molecule has 0 radical (unpaired) electrons. The molecule has 0 aliphatic carbocycles. The van der Waals surface area contributed by atoms with E-state index in [9.17, 15) is 13.2 Å². The molecule has 2 rings (SSSR count). The van der Waals surface area contributed by atoms with Crippen LogP contribution in [0.15, 0.2) is 47.4 Å². The van der Waals surface area contributed by atoms with Crippen LogP contribution in [0.3, 0.4) is 0 Å². The third-order valence-electron chi connectivity index (χ3n) is 3.16. The Morgan fingerprint density at radius 2 is 1.67 bits per heavy atom. The summed E-state index contributed by atoms with van der Waals surface area (Å²) in [7, 11) is -2.06. The number of halogens is 2. The molecule has 2 aromatic rings. The van der Waals surface area contributed by atoms with Crippen molar-refractivity contribution in [2.45, 2.75) is 11.3 Å². The van der Waals surface area contributed by atoms with Crippen LogP contribution in [-0.4, -0.2) is 27.2 Å². The number of sulfone groups is 1. The molecule has 1 amide bonds. The predicted molar refractivity (Wildman–Crippen MR) is 94.8 cm³/mol. The number of hydrogen-bond donors (Lipinski definition) is 1. The molecule has 0 heterocycles. The Labute approximate surface area is 150 Å². The Morgan fingerprint density at radius 1 is 1.08 bits per heavy atom. The van der Waals surface area contributed by atoms with Crippen molar-refractivity contribution in [1.29, 1.82) is 0 Å². The van der Waals surface area contributed by atoms with Crippen LogP contribution in [0.5, 0.6) is 5.75 Å². The van der Waals surface area contributed by atoms with Crippen LogP contribution in [0.25, 0.3) is 0 Å². The average Bonchev–Trinajstić information content (AvgIpc) is 2.52. The van der Waals surface area contributed by atoms with Gasteiger partial charge in [-0.1, -0.05) is 23.2 Å². The fourth-order valence-corrected chi connectivity index (χ4v) is 3.74. The molecule has 2 aromatic carbocycles. The summed E-state index contributed by atoms with van der Waals surface area (Å²) in [5.74, 6) is -0.186. The Morgan fingerprint density at radius 3 is 2.21 bits per heavy atom. The number of carbonyl (C=O) groups is 1. The molecule has 0 aromatic heterocycles. The number of carbonyl (C=O) groups excluding carboxylic acids is 1. The van der Waals surface area contributed by atoms with E-state index in [2.05, 4.69) is 5.32 Å². The quantitative estimate of drug-likeness (QED) is 0.817. The number of hydrogen-bond acceptors (Lipinski definition) is 4. The minimum absolute atomic E-state index is 0.141. The van der Waals surface area contributed by atoms with Crippen LogP contribution in [-0.2, 0) is 14.6 Å². The highest BCUT2D eigenvalue weighted by Gasteiger charge is 2.17. The first-order valence-corrected chi connectivity index (χ1v) is 9.34. The normalized spacial score (nSPS) is 11.1. The Bertz CT molecular complexity index is 815. The molecule has 0 atom stereocenters. The predicted octanol–water partition coefficient (Wildman–Crippen LogP) is 3.80. The van der Waals surface area contributed by atoms with Crippen LogP contribution >= 0.6 is 23.2 Å². The van der Waals surface area contributed by atoms with Crippen molar-refractivity contribution in [1.82, 2.24) is 0 Å². The first kappa shape index (κ1) is 18.6. The largest absolute Gasteiger partial charge is 0.497 e. The molecule has 0 saturated carbocycles. The van der Waals surface area contributed by atoms with Gasteiger partial charge in [-0.25, -0.2) is 8.42 Å². The highest BCUT2D eigenvalue weighted by Crippen LogP contribution is 2.23. The number of methoxy groups -OCH3 is 1. The summed E-state index contributed by atoms with van der Waals surface area (Å²) < 4.78 is 29.5. The number of rotatable bonds is 6. The first-order valence-electron chi connectivity index (χ1n) is 6.93. The van der Waals surface area contributed by atoms with E-state index < -0.39 is 15.7 Å². The number of anilines is 1.